The summed E-state index contributed by atoms with van der Waals surface area (Å²) >= 11 is 6.40. The van der Waals surface area contributed by atoms with Gasteiger partial charge in [0.15, 0.2) is 11.5 Å². The molecular weight excluding hydrogens is 552 g/mol. The van der Waals surface area contributed by atoms with Crippen molar-refractivity contribution in [2.45, 2.75) is 46.1 Å². The van der Waals surface area contributed by atoms with E-state index in [0.29, 0.717) is 52.9 Å². The summed E-state index contributed by atoms with van der Waals surface area (Å²) in [5.41, 5.74) is 1.59. The van der Waals surface area contributed by atoms with Gasteiger partial charge in [-0.25, -0.2) is 0 Å². The number of benzene rings is 1. The second-order valence-electron chi connectivity index (χ2n) is 9.03. The summed E-state index contributed by atoms with van der Waals surface area (Å²) in [6, 6.07) is 7.68. The van der Waals surface area contributed by atoms with Crippen LogP contribution in [0.1, 0.15) is 48.4 Å². The van der Waals surface area contributed by atoms with E-state index in [9.17, 15) is 19.6 Å². The molecule has 1 aromatic carbocycles. The maximum Gasteiger partial charge on any atom is 0.305 e. The monoisotopic (exact) mass is 584 g/mol. The fourth-order valence-electron chi connectivity index (χ4n) is 4.28. The Bertz CT molecular complexity index is 1440. The van der Waals surface area contributed by atoms with Gasteiger partial charge in [-0.1, -0.05) is 43.4 Å². The number of unbranched alkanes of at least 4 members (excludes halogenated alkanes) is 1. The number of thioether (sulfide) groups is 1. The molecule has 0 aliphatic carbocycles. The van der Waals surface area contributed by atoms with E-state index in [-0.39, 0.29) is 22.8 Å². The molecule has 1 saturated heterocycles. The van der Waals surface area contributed by atoms with Crippen molar-refractivity contribution < 1.29 is 24.2 Å². The molecule has 2 N–H and O–H groups in total. The Balaban J connectivity index is 2.03. The number of carboxylic acid groups (broad SMARTS) is 1. The van der Waals surface area contributed by atoms with Crippen LogP contribution in [0, 0.1) is 18.3 Å². The predicted molar refractivity (Wildman–Crippen MR) is 159 cm³/mol. The van der Waals surface area contributed by atoms with E-state index in [0.717, 1.165) is 30.2 Å². The summed E-state index contributed by atoms with van der Waals surface area (Å²) in [5, 5.41) is 22.2. The Labute approximate surface area is 242 Å². The Morgan fingerprint density at radius 3 is 2.58 bits per heavy atom. The fourth-order valence-corrected chi connectivity index (χ4v) is 5.57. The number of nitrogens with zero attached hydrogens (tertiary/aromatic N) is 3. The van der Waals surface area contributed by atoms with Crippen LogP contribution < -0.4 is 20.3 Å². The van der Waals surface area contributed by atoms with Gasteiger partial charge in [0.1, 0.15) is 21.8 Å². The van der Waals surface area contributed by atoms with Crippen LogP contribution in [0.25, 0.3) is 6.08 Å². The largest absolute Gasteiger partial charge is 0.493 e. The maximum absolute atomic E-state index is 13.3. The van der Waals surface area contributed by atoms with Crippen molar-refractivity contribution in [3.63, 3.8) is 0 Å². The molecule has 0 saturated carbocycles. The van der Waals surface area contributed by atoms with E-state index in [1.807, 2.05) is 31.2 Å². The van der Waals surface area contributed by atoms with Crippen molar-refractivity contribution in [1.82, 2.24) is 9.47 Å². The number of carbonyl (C=O) groups excluding carboxylic acids is 1. The quantitative estimate of drug-likeness (QED) is 0.261. The minimum Gasteiger partial charge on any atom is -0.493 e. The molecule has 1 amide bonds. The molecule has 0 atom stereocenters. The lowest BCUT2D eigenvalue weighted by molar-refractivity contribution is -0.137. The number of hydrogen-bond acceptors (Lipinski definition) is 9. The van der Waals surface area contributed by atoms with Crippen LogP contribution in [0.3, 0.4) is 0 Å². The molecule has 0 radical (unpaired) electrons. The number of aliphatic carboxylic acids is 1. The second kappa shape index (κ2) is 14.0. The maximum atomic E-state index is 13.3. The first-order chi connectivity index (χ1) is 19.2. The molecule has 40 heavy (non-hydrogen) atoms. The van der Waals surface area contributed by atoms with Crippen LogP contribution in [0.5, 0.6) is 11.5 Å². The Morgan fingerprint density at radius 1 is 1.23 bits per heavy atom. The molecule has 2 aromatic rings. The average Bonchev–Trinajstić information content (AvgIpc) is 3.20. The number of rotatable bonds is 13. The van der Waals surface area contributed by atoms with Crippen LogP contribution >= 0.6 is 24.0 Å². The van der Waals surface area contributed by atoms with Crippen molar-refractivity contribution in [3.05, 3.63) is 55.7 Å². The third kappa shape index (κ3) is 6.84. The van der Waals surface area contributed by atoms with E-state index in [1.54, 1.807) is 31.8 Å². The van der Waals surface area contributed by atoms with Crippen molar-refractivity contribution >= 4 is 52.1 Å². The Morgan fingerprint density at radius 2 is 1.95 bits per heavy atom. The van der Waals surface area contributed by atoms with E-state index < -0.39 is 17.4 Å². The van der Waals surface area contributed by atoms with Crippen LogP contribution in [-0.2, 0) is 22.6 Å². The highest BCUT2D eigenvalue weighted by molar-refractivity contribution is 8.26. The number of nitrogens with one attached hydrogen (secondary N) is 1. The van der Waals surface area contributed by atoms with Gasteiger partial charge in [-0.05, 0) is 49.1 Å². The Hall–Kier alpha value is -3.82. The first-order valence-electron chi connectivity index (χ1n) is 12.8. The molecule has 212 valence electrons. The highest BCUT2D eigenvalue weighted by Gasteiger charge is 2.33. The van der Waals surface area contributed by atoms with Gasteiger partial charge in [-0.2, -0.15) is 5.26 Å². The van der Waals surface area contributed by atoms with Gasteiger partial charge in [0.25, 0.3) is 11.5 Å². The molecule has 1 aromatic heterocycles. The van der Waals surface area contributed by atoms with Crippen LogP contribution in [0.15, 0.2) is 27.9 Å². The van der Waals surface area contributed by atoms with E-state index in [4.69, 9.17) is 26.8 Å². The summed E-state index contributed by atoms with van der Waals surface area (Å²) in [6.45, 7) is 4.50. The number of carboxylic acids is 1. The van der Waals surface area contributed by atoms with Gasteiger partial charge in [0, 0.05) is 25.2 Å². The summed E-state index contributed by atoms with van der Waals surface area (Å²) in [5.74, 6) is 0.303. The van der Waals surface area contributed by atoms with E-state index in [2.05, 4.69) is 5.32 Å². The lowest BCUT2D eigenvalue weighted by Crippen LogP contribution is -2.30. The van der Waals surface area contributed by atoms with Crippen molar-refractivity contribution in [1.29, 1.82) is 5.26 Å². The number of thiocarbonyl (C=S) groups is 1. The predicted octanol–water partition coefficient (Wildman–Crippen LogP) is 4.18. The number of amides is 1. The Kier molecular flexibility index (Phi) is 10.8. The van der Waals surface area contributed by atoms with Crippen molar-refractivity contribution in [2.75, 3.05) is 32.6 Å². The third-order valence-corrected chi connectivity index (χ3v) is 7.84. The van der Waals surface area contributed by atoms with E-state index in [1.165, 1.54) is 4.90 Å². The van der Waals surface area contributed by atoms with Gasteiger partial charge < -0.3 is 19.9 Å². The molecule has 0 bridgehead atoms. The van der Waals surface area contributed by atoms with Crippen LogP contribution in [-0.4, -0.2) is 58.1 Å². The fraction of sp³-hybridized carbons (Fsp3) is 0.393. The summed E-state index contributed by atoms with van der Waals surface area (Å²) in [4.78, 5) is 39.1. The molecular formula is C28H32N4O6S2. The first-order valence-corrected chi connectivity index (χ1v) is 14.0. The topological polar surface area (TPSA) is 134 Å². The standard InChI is InChI=1S/C28H32N4O6S2/c1-5-6-12-31-25(30-11-9-18-7-8-21(37-3)22(14-18)38-4)19(17(2)20(16-29)26(31)35)15-23-27(36)32(28(39)40-23)13-10-24(33)34/h7-8,14-15,30H,5-6,9-13H2,1-4H3,(H,33,34)/b23-15+. The molecule has 1 aliphatic rings. The van der Waals surface area contributed by atoms with Crippen LogP contribution in [0.4, 0.5) is 5.82 Å². The van der Waals surface area contributed by atoms with Gasteiger partial charge in [-0.3, -0.25) is 23.9 Å². The van der Waals surface area contributed by atoms with Crippen LogP contribution in [0.2, 0.25) is 0 Å². The highest BCUT2D eigenvalue weighted by atomic mass is 32.2. The third-order valence-electron chi connectivity index (χ3n) is 6.46. The number of carbonyl (C=O) groups is 2. The average molecular weight is 585 g/mol. The van der Waals surface area contributed by atoms with Gasteiger partial charge in [0.2, 0.25) is 0 Å². The minimum atomic E-state index is -1.03. The molecule has 1 fully saturated rings. The number of ether oxygens (including phenoxy) is 2. The molecule has 0 unspecified atom stereocenters. The summed E-state index contributed by atoms with van der Waals surface area (Å²) < 4.78 is 12.5. The van der Waals surface area contributed by atoms with Crippen molar-refractivity contribution in [2.24, 2.45) is 0 Å². The number of nitriles is 1. The molecule has 12 heteroatoms. The first kappa shape index (κ1) is 30.7. The van der Waals surface area contributed by atoms with Gasteiger partial charge >= 0.3 is 5.97 Å². The smallest absolute Gasteiger partial charge is 0.305 e. The zero-order valence-corrected chi connectivity index (χ0v) is 24.5. The minimum absolute atomic E-state index is 0.00847. The number of methoxy groups -OCH3 is 2. The second-order valence-corrected chi connectivity index (χ2v) is 10.7. The summed E-state index contributed by atoms with van der Waals surface area (Å²) in [7, 11) is 3.14. The SMILES string of the molecule is CCCCn1c(NCCc2ccc(OC)c(OC)c2)c(/C=C2/SC(=S)N(CCC(=O)O)C2=O)c(C)c(C#N)c1=O. The number of pyridine rings is 1. The number of anilines is 1. The highest BCUT2D eigenvalue weighted by Crippen LogP contribution is 2.35. The molecule has 1 aliphatic heterocycles. The van der Waals surface area contributed by atoms with E-state index >= 15 is 0 Å². The zero-order chi connectivity index (χ0) is 29.4. The lowest BCUT2D eigenvalue weighted by atomic mass is 10.0. The molecule has 2 heterocycles. The molecule has 10 nitrogen and oxygen atoms in total. The summed E-state index contributed by atoms with van der Waals surface area (Å²) in [6.07, 6.45) is 3.55. The molecule has 0 spiro atoms. The van der Waals surface area contributed by atoms with Crippen molar-refractivity contribution in [3.8, 4) is 17.6 Å². The lowest BCUT2D eigenvalue weighted by Gasteiger charge is -2.20. The zero-order valence-electron chi connectivity index (χ0n) is 22.9. The number of aromatic nitrogens is 1. The molecule has 3 rings (SSSR count). The number of hydrogen-bond donors (Lipinski definition) is 2. The van der Waals surface area contributed by atoms with Gasteiger partial charge in [-0.15, -0.1) is 0 Å². The van der Waals surface area contributed by atoms with Gasteiger partial charge in [0.05, 0.1) is 25.5 Å². The normalized spacial score (nSPS) is 14.0.